The molecule has 2 atom stereocenters. The molecule has 0 spiro atoms. The molecule has 0 radical (unpaired) electrons. The number of fused-ring (bicyclic) bond motifs is 2. The molecule has 35 heavy (non-hydrogen) atoms. The second kappa shape index (κ2) is 9.40. The summed E-state index contributed by atoms with van der Waals surface area (Å²) in [5.74, 6) is 3.55. The number of nitrogen functional groups attached to an aromatic ring is 1. The Morgan fingerprint density at radius 1 is 1.20 bits per heavy atom. The number of hydrogen-bond donors (Lipinski definition) is 2. The molecule has 2 aliphatic rings. The van der Waals surface area contributed by atoms with Crippen LogP contribution in [0.25, 0.3) is 11.1 Å². The molecular weight excluding hydrogens is 452 g/mol. The van der Waals surface area contributed by atoms with Crippen LogP contribution in [0, 0.1) is 11.6 Å². The molecule has 0 amide bonds. The highest BCUT2D eigenvalue weighted by Crippen LogP contribution is 2.31. The predicted molar refractivity (Wildman–Crippen MR) is 132 cm³/mol. The fraction of sp³-hybridized carbons (Fsp3) is 0.240. The molecule has 2 bridgehead atoms. The number of hydrogen-bond acceptors (Lipinski definition) is 7. The van der Waals surface area contributed by atoms with E-state index in [0.717, 1.165) is 48.3 Å². The third-order valence-electron chi connectivity index (χ3n) is 6.47. The van der Waals surface area contributed by atoms with E-state index in [9.17, 15) is 8.78 Å². The lowest BCUT2D eigenvalue weighted by Gasteiger charge is -2.26. The lowest BCUT2D eigenvalue weighted by Crippen LogP contribution is -2.36. The first-order chi connectivity index (χ1) is 17.0. The van der Waals surface area contributed by atoms with E-state index < -0.39 is 11.6 Å². The van der Waals surface area contributed by atoms with E-state index >= 15 is 0 Å². The van der Waals surface area contributed by atoms with Gasteiger partial charge in [0.05, 0.1) is 18.3 Å². The molecule has 10 heteroatoms. The van der Waals surface area contributed by atoms with Crippen LogP contribution in [0.15, 0.2) is 64.9 Å². The highest BCUT2D eigenvalue weighted by atomic mass is 19.2. The van der Waals surface area contributed by atoms with Crippen LogP contribution in [0.2, 0.25) is 0 Å². The second-order valence-electron chi connectivity index (χ2n) is 8.61. The average molecular weight is 478 g/mol. The molecule has 4 N–H and O–H groups in total. The third kappa shape index (κ3) is 4.33. The van der Waals surface area contributed by atoms with E-state index in [0.29, 0.717) is 17.7 Å². The van der Waals surface area contributed by atoms with Crippen LogP contribution < -0.4 is 16.6 Å². The number of halogens is 2. The number of benzene rings is 2. The maximum absolute atomic E-state index is 14.5. The van der Waals surface area contributed by atoms with Crippen molar-refractivity contribution in [2.75, 3.05) is 23.9 Å². The van der Waals surface area contributed by atoms with E-state index in [4.69, 9.17) is 16.3 Å². The van der Waals surface area contributed by atoms with Gasteiger partial charge in [-0.05, 0) is 35.7 Å². The highest BCUT2D eigenvalue weighted by Gasteiger charge is 2.38. The summed E-state index contributed by atoms with van der Waals surface area (Å²) >= 11 is 0. The van der Waals surface area contributed by atoms with Gasteiger partial charge in [-0.3, -0.25) is 4.90 Å². The van der Waals surface area contributed by atoms with E-state index in [1.54, 1.807) is 12.3 Å². The van der Waals surface area contributed by atoms with E-state index in [2.05, 4.69) is 38.9 Å². The van der Waals surface area contributed by atoms with Crippen molar-refractivity contribution >= 4 is 24.1 Å². The summed E-state index contributed by atoms with van der Waals surface area (Å²) in [4.78, 5) is 6.73. The van der Waals surface area contributed by atoms with Crippen LogP contribution in [-0.2, 0) is 11.3 Å². The molecule has 2 fully saturated rings. The first-order valence-corrected chi connectivity index (χ1v) is 11.2. The maximum Gasteiger partial charge on any atom is 0.184 e. The Balaban J connectivity index is 1.41. The summed E-state index contributed by atoms with van der Waals surface area (Å²) in [6, 6.07) is 14.1. The molecule has 2 unspecified atom stereocenters. The van der Waals surface area contributed by atoms with Crippen molar-refractivity contribution in [3.8, 4) is 11.1 Å². The SMILES string of the molecule is C=NN(/C(=N\N)c1cc(-c2ccc(CN3CC4CC3CO4)cc2)cnc1N)c1cccc(F)c1F. The fourth-order valence-electron chi connectivity index (χ4n) is 4.67. The maximum atomic E-state index is 14.5. The van der Waals surface area contributed by atoms with Crippen LogP contribution in [0.3, 0.4) is 0 Å². The normalized spacial score (nSPS) is 19.8. The van der Waals surface area contributed by atoms with Gasteiger partial charge in [0.1, 0.15) is 11.5 Å². The van der Waals surface area contributed by atoms with Gasteiger partial charge in [-0.2, -0.15) is 10.2 Å². The van der Waals surface area contributed by atoms with Gasteiger partial charge in [0, 0.05) is 37.6 Å². The van der Waals surface area contributed by atoms with Gasteiger partial charge in [0.25, 0.3) is 0 Å². The van der Waals surface area contributed by atoms with Gasteiger partial charge < -0.3 is 16.3 Å². The zero-order valence-electron chi connectivity index (χ0n) is 18.9. The van der Waals surface area contributed by atoms with Crippen molar-refractivity contribution in [3.63, 3.8) is 0 Å². The summed E-state index contributed by atoms with van der Waals surface area (Å²) in [7, 11) is 0. The first kappa shape index (κ1) is 22.9. The Morgan fingerprint density at radius 3 is 2.66 bits per heavy atom. The molecule has 2 aliphatic heterocycles. The minimum absolute atomic E-state index is 0.0284. The topological polar surface area (TPSA) is 105 Å². The zero-order valence-corrected chi connectivity index (χ0v) is 18.9. The monoisotopic (exact) mass is 477 g/mol. The minimum atomic E-state index is -1.11. The number of morpholine rings is 1. The van der Waals surface area contributed by atoms with Crippen LogP contribution in [0.5, 0.6) is 0 Å². The smallest absolute Gasteiger partial charge is 0.184 e. The molecule has 0 aliphatic carbocycles. The fourth-order valence-corrected chi connectivity index (χ4v) is 4.67. The third-order valence-corrected chi connectivity index (χ3v) is 6.47. The predicted octanol–water partition coefficient (Wildman–Crippen LogP) is 3.32. The van der Waals surface area contributed by atoms with Crippen molar-refractivity contribution in [1.29, 1.82) is 0 Å². The number of aromatic nitrogens is 1. The molecule has 2 aromatic carbocycles. The zero-order chi connectivity index (χ0) is 24.5. The van der Waals surface area contributed by atoms with Crippen molar-refractivity contribution in [1.82, 2.24) is 9.88 Å². The Bertz CT molecular complexity index is 1280. The first-order valence-electron chi connectivity index (χ1n) is 11.2. The molecule has 180 valence electrons. The number of amidine groups is 1. The molecule has 2 saturated heterocycles. The Kier molecular flexibility index (Phi) is 6.14. The average Bonchev–Trinajstić information content (AvgIpc) is 3.49. The quantitative estimate of drug-likeness (QED) is 0.244. The van der Waals surface area contributed by atoms with Crippen molar-refractivity contribution in [2.24, 2.45) is 16.0 Å². The molecule has 3 heterocycles. The van der Waals surface area contributed by atoms with Crippen molar-refractivity contribution in [2.45, 2.75) is 25.1 Å². The number of ether oxygens (including phenoxy) is 1. The standard InChI is InChI=1S/C25H25F2N7O/c1-30-34(22-4-2-3-21(26)23(22)27)25(32-29)20-9-17(11-31-24(20)28)16-7-5-15(6-8-16)12-33-13-19-10-18(33)14-35-19/h2-9,11,18-19H,1,10,12-14,29H2,(H2,28,31)/b32-25-. The second-order valence-corrected chi connectivity index (χ2v) is 8.61. The number of rotatable bonds is 6. The largest absolute Gasteiger partial charge is 0.383 e. The molecule has 1 aromatic heterocycles. The molecular formula is C25H25F2N7O. The number of nitrogens with two attached hydrogens (primary N) is 2. The van der Waals surface area contributed by atoms with Crippen LogP contribution in [0.1, 0.15) is 17.5 Å². The van der Waals surface area contributed by atoms with E-state index in [-0.39, 0.29) is 17.3 Å². The van der Waals surface area contributed by atoms with Gasteiger partial charge >= 0.3 is 0 Å². The summed E-state index contributed by atoms with van der Waals surface area (Å²) in [5, 5.41) is 8.54. The summed E-state index contributed by atoms with van der Waals surface area (Å²) < 4.78 is 34.0. The minimum Gasteiger partial charge on any atom is -0.383 e. The summed E-state index contributed by atoms with van der Waals surface area (Å²) in [6.07, 6.45) is 3.11. The lowest BCUT2D eigenvalue weighted by molar-refractivity contribution is 0.0273. The Labute approximate surface area is 201 Å². The molecule has 0 saturated carbocycles. The Hall–Kier alpha value is -3.89. The number of pyridine rings is 1. The van der Waals surface area contributed by atoms with Crippen LogP contribution in [0.4, 0.5) is 20.3 Å². The molecule has 5 rings (SSSR count). The Morgan fingerprint density at radius 2 is 2.00 bits per heavy atom. The highest BCUT2D eigenvalue weighted by molar-refractivity contribution is 6.12. The lowest BCUT2D eigenvalue weighted by atomic mass is 10.0. The summed E-state index contributed by atoms with van der Waals surface area (Å²) in [5.41, 5.74) is 9.06. The van der Waals surface area contributed by atoms with Gasteiger partial charge in [-0.15, -0.1) is 0 Å². The van der Waals surface area contributed by atoms with E-state index in [1.807, 2.05) is 12.1 Å². The number of nitrogens with zero attached hydrogens (tertiary/aromatic N) is 5. The number of likely N-dealkylation sites (tertiary alicyclic amines) is 1. The van der Waals surface area contributed by atoms with Gasteiger partial charge in [-0.1, -0.05) is 30.3 Å². The van der Waals surface area contributed by atoms with Crippen LogP contribution >= 0.6 is 0 Å². The summed E-state index contributed by atoms with van der Waals surface area (Å²) in [6.45, 7) is 6.11. The van der Waals surface area contributed by atoms with Crippen molar-refractivity contribution in [3.05, 3.63) is 77.5 Å². The van der Waals surface area contributed by atoms with Gasteiger partial charge in [0.15, 0.2) is 17.5 Å². The number of hydrazone groups is 2. The number of anilines is 2. The van der Waals surface area contributed by atoms with Gasteiger partial charge in [0.2, 0.25) is 0 Å². The van der Waals surface area contributed by atoms with E-state index in [1.165, 1.54) is 17.7 Å². The van der Waals surface area contributed by atoms with Gasteiger partial charge in [-0.25, -0.2) is 18.8 Å². The van der Waals surface area contributed by atoms with Crippen molar-refractivity contribution < 1.29 is 13.5 Å². The molecule has 8 nitrogen and oxygen atoms in total. The van der Waals surface area contributed by atoms with Crippen LogP contribution in [-0.4, -0.2) is 47.7 Å². The molecule has 3 aromatic rings.